The first-order valence-electron chi connectivity index (χ1n) is 7.51. The van der Waals surface area contributed by atoms with Crippen molar-refractivity contribution >= 4 is 5.95 Å². The van der Waals surface area contributed by atoms with Crippen LogP contribution in [-0.2, 0) is 19.1 Å². The Morgan fingerprint density at radius 3 is 2.65 bits per heavy atom. The van der Waals surface area contributed by atoms with Crippen LogP contribution in [0.2, 0.25) is 0 Å². The van der Waals surface area contributed by atoms with Crippen LogP contribution in [-0.4, -0.2) is 15.0 Å². The summed E-state index contributed by atoms with van der Waals surface area (Å²) < 4.78 is 43.6. The van der Waals surface area contributed by atoms with Crippen LogP contribution in [0.3, 0.4) is 0 Å². The molecule has 0 bridgehead atoms. The zero-order valence-corrected chi connectivity index (χ0v) is 13.3. The van der Waals surface area contributed by atoms with Crippen LogP contribution in [0.1, 0.15) is 28.5 Å². The van der Waals surface area contributed by atoms with Crippen molar-refractivity contribution in [3.63, 3.8) is 0 Å². The Morgan fingerprint density at radius 2 is 1.96 bits per heavy atom. The van der Waals surface area contributed by atoms with Crippen molar-refractivity contribution in [2.75, 3.05) is 5.32 Å². The van der Waals surface area contributed by atoms with E-state index in [2.05, 4.69) is 20.3 Å². The van der Waals surface area contributed by atoms with Crippen molar-refractivity contribution < 1.29 is 17.6 Å². The molecule has 1 aromatic carbocycles. The van der Waals surface area contributed by atoms with E-state index in [9.17, 15) is 13.2 Å². The first-order chi connectivity index (χ1) is 12.4. The summed E-state index contributed by atoms with van der Waals surface area (Å²) in [6.45, 7) is 0.297. The highest BCUT2D eigenvalue weighted by atomic mass is 19.4. The molecular formula is C17H12F3N5O. The van der Waals surface area contributed by atoms with Gasteiger partial charge in [-0.25, -0.2) is 4.98 Å². The lowest BCUT2D eigenvalue weighted by atomic mass is 10.1. The summed E-state index contributed by atoms with van der Waals surface area (Å²) in [6.07, 6.45) is -2.87. The normalized spacial score (nSPS) is 11.2. The van der Waals surface area contributed by atoms with Crippen LogP contribution in [0.15, 0.2) is 47.1 Å². The van der Waals surface area contributed by atoms with Crippen LogP contribution >= 0.6 is 0 Å². The molecule has 0 radical (unpaired) electrons. The number of nitrogens with one attached hydrogen (secondary N) is 1. The van der Waals surface area contributed by atoms with Crippen LogP contribution in [0.4, 0.5) is 19.1 Å². The molecule has 0 unspecified atom stereocenters. The van der Waals surface area contributed by atoms with E-state index in [1.165, 1.54) is 12.3 Å². The predicted molar refractivity (Wildman–Crippen MR) is 84.8 cm³/mol. The molecule has 2 heterocycles. The van der Waals surface area contributed by atoms with Gasteiger partial charge in [0.2, 0.25) is 11.8 Å². The van der Waals surface area contributed by atoms with Gasteiger partial charge in [0.15, 0.2) is 0 Å². The fourth-order valence-corrected chi connectivity index (χ4v) is 2.25. The van der Waals surface area contributed by atoms with Gasteiger partial charge in [0.05, 0.1) is 18.4 Å². The minimum atomic E-state index is -4.43. The zero-order chi connectivity index (χ0) is 18.6. The summed E-state index contributed by atoms with van der Waals surface area (Å²) in [5, 5.41) is 12.0. The largest absolute Gasteiger partial charge is 0.467 e. The SMILES string of the molecule is N#Cc1nc(Cc2cccc(C(F)(F)F)c2)nc(NCc2ccco2)n1. The molecule has 0 aliphatic carbocycles. The Hall–Kier alpha value is -3.41. The summed E-state index contributed by atoms with van der Waals surface area (Å²) in [7, 11) is 0. The highest BCUT2D eigenvalue weighted by Gasteiger charge is 2.30. The van der Waals surface area contributed by atoms with Crippen molar-refractivity contribution in [1.29, 1.82) is 5.26 Å². The highest BCUT2D eigenvalue weighted by Crippen LogP contribution is 2.29. The minimum Gasteiger partial charge on any atom is -0.467 e. The molecule has 0 aliphatic heterocycles. The minimum absolute atomic E-state index is 0.0382. The summed E-state index contributed by atoms with van der Waals surface area (Å²) in [4.78, 5) is 12.1. The molecule has 26 heavy (non-hydrogen) atoms. The average molecular weight is 359 g/mol. The molecule has 0 amide bonds. The molecule has 6 nitrogen and oxygen atoms in total. The molecule has 0 aliphatic rings. The molecule has 3 aromatic rings. The van der Waals surface area contributed by atoms with Crippen molar-refractivity contribution in [3.05, 3.63) is 71.2 Å². The Morgan fingerprint density at radius 1 is 1.12 bits per heavy atom. The molecular weight excluding hydrogens is 347 g/mol. The number of alkyl halides is 3. The van der Waals surface area contributed by atoms with Gasteiger partial charge >= 0.3 is 6.18 Å². The van der Waals surface area contributed by atoms with Gasteiger partial charge in [-0.3, -0.25) is 0 Å². The first kappa shape index (κ1) is 17.4. The van der Waals surface area contributed by atoms with Gasteiger partial charge in [0, 0.05) is 6.42 Å². The van der Waals surface area contributed by atoms with E-state index in [-0.39, 0.29) is 24.0 Å². The number of nitrogens with zero attached hydrogens (tertiary/aromatic N) is 4. The van der Waals surface area contributed by atoms with Gasteiger partial charge in [-0.2, -0.15) is 28.4 Å². The summed E-state index contributed by atoms with van der Waals surface area (Å²) in [5.41, 5.74) is -0.368. The molecule has 9 heteroatoms. The molecule has 132 valence electrons. The van der Waals surface area contributed by atoms with Gasteiger partial charge in [-0.15, -0.1) is 0 Å². The van der Waals surface area contributed by atoms with E-state index >= 15 is 0 Å². The molecule has 1 N–H and O–H groups in total. The smallest absolute Gasteiger partial charge is 0.416 e. The van der Waals surface area contributed by atoms with E-state index in [4.69, 9.17) is 9.68 Å². The topological polar surface area (TPSA) is 87.6 Å². The number of benzene rings is 1. The van der Waals surface area contributed by atoms with Crippen molar-refractivity contribution in [2.45, 2.75) is 19.1 Å². The van der Waals surface area contributed by atoms with Crippen molar-refractivity contribution in [3.8, 4) is 6.07 Å². The fourth-order valence-electron chi connectivity index (χ4n) is 2.25. The molecule has 0 saturated heterocycles. The summed E-state index contributed by atoms with van der Waals surface area (Å²) in [6, 6.07) is 10.2. The number of hydrogen-bond acceptors (Lipinski definition) is 6. The summed E-state index contributed by atoms with van der Waals surface area (Å²) in [5.74, 6) is 0.861. The monoisotopic (exact) mass is 359 g/mol. The molecule has 0 fully saturated rings. The fraction of sp³-hybridized carbons (Fsp3) is 0.176. The van der Waals surface area contributed by atoms with Gasteiger partial charge in [0.25, 0.3) is 0 Å². The lowest BCUT2D eigenvalue weighted by Crippen LogP contribution is -2.10. The number of rotatable bonds is 5. The molecule has 0 saturated carbocycles. The Kier molecular flexibility index (Phi) is 4.84. The Balaban J connectivity index is 1.81. The van der Waals surface area contributed by atoms with Gasteiger partial charge in [-0.05, 0) is 23.8 Å². The third-order valence-corrected chi connectivity index (χ3v) is 3.40. The van der Waals surface area contributed by atoms with E-state index in [1.54, 1.807) is 18.2 Å². The average Bonchev–Trinajstić information content (AvgIpc) is 3.13. The first-order valence-corrected chi connectivity index (χ1v) is 7.51. The number of halogens is 3. The second-order valence-electron chi connectivity index (χ2n) is 5.32. The van der Waals surface area contributed by atoms with E-state index in [0.29, 0.717) is 17.9 Å². The third kappa shape index (κ3) is 4.36. The van der Waals surface area contributed by atoms with E-state index in [0.717, 1.165) is 12.1 Å². The molecule has 0 spiro atoms. The van der Waals surface area contributed by atoms with Crippen LogP contribution < -0.4 is 5.32 Å². The van der Waals surface area contributed by atoms with Gasteiger partial charge < -0.3 is 9.73 Å². The molecule has 3 rings (SSSR count). The van der Waals surface area contributed by atoms with Crippen molar-refractivity contribution in [1.82, 2.24) is 15.0 Å². The Bertz CT molecular complexity index is 932. The maximum absolute atomic E-state index is 12.8. The summed E-state index contributed by atoms with van der Waals surface area (Å²) >= 11 is 0. The second kappa shape index (κ2) is 7.23. The number of hydrogen-bond donors (Lipinski definition) is 1. The number of anilines is 1. The quantitative estimate of drug-likeness (QED) is 0.749. The van der Waals surface area contributed by atoms with Crippen LogP contribution in [0.5, 0.6) is 0 Å². The van der Waals surface area contributed by atoms with Gasteiger partial charge in [-0.1, -0.05) is 18.2 Å². The molecule has 2 aromatic heterocycles. The van der Waals surface area contributed by atoms with Crippen LogP contribution in [0.25, 0.3) is 0 Å². The number of nitriles is 1. The zero-order valence-electron chi connectivity index (χ0n) is 13.3. The van der Waals surface area contributed by atoms with Crippen LogP contribution in [0, 0.1) is 11.3 Å². The third-order valence-electron chi connectivity index (χ3n) is 3.40. The lowest BCUT2D eigenvalue weighted by Gasteiger charge is -2.09. The Labute approximate surface area is 146 Å². The van der Waals surface area contributed by atoms with Crippen molar-refractivity contribution in [2.24, 2.45) is 0 Å². The molecule has 0 atom stereocenters. The maximum Gasteiger partial charge on any atom is 0.416 e. The number of furan rings is 1. The predicted octanol–water partition coefficient (Wildman–Crippen LogP) is 3.56. The highest BCUT2D eigenvalue weighted by molar-refractivity contribution is 5.32. The second-order valence-corrected chi connectivity index (χ2v) is 5.32. The van der Waals surface area contributed by atoms with E-state index < -0.39 is 11.7 Å². The maximum atomic E-state index is 12.8. The standard InChI is InChI=1S/C17H12F3N5O/c18-17(19,20)12-4-1-3-11(7-12)8-14-23-15(9-21)25-16(24-14)22-10-13-5-2-6-26-13/h1-7H,8,10H2,(H,22,23,24,25). The van der Waals surface area contributed by atoms with Gasteiger partial charge in [0.1, 0.15) is 17.7 Å². The number of aromatic nitrogens is 3. The lowest BCUT2D eigenvalue weighted by molar-refractivity contribution is -0.137. The van der Waals surface area contributed by atoms with E-state index in [1.807, 2.05) is 6.07 Å².